The fraction of sp³-hybridized carbons (Fsp3) is 0. The molecule has 5 radical (unpaired) electrons. The Hall–Kier alpha value is -0.248. The molecule has 0 aliphatic heterocycles. The van der Waals surface area contributed by atoms with E-state index in [2.05, 4.69) is 20.0 Å². The standard InChI is InChI=1S/C5H5.3CO.Cr/c1-2-4-5-3-1;3*1-2;/h1-5H;;;;. The van der Waals surface area contributed by atoms with Gasteiger partial charge in [-0.3, -0.25) is 0 Å². The molecule has 1 fully saturated rings. The van der Waals surface area contributed by atoms with Crippen LogP contribution in [0.15, 0.2) is 0 Å². The van der Waals surface area contributed by atoms with E-state index in [1.54, 1.807) is 0 Å². The molecule has 0 aromatic rings. The predicted molar refractivity (Wildman–Crippen MR) is 33.3 cm³/mol. The van der Waals surface area contributed by atoms with Gasteiger partial charge in [-0.1, -0.05) is 0 Å². The summed E-state index contributed by atoms with van der Waals surface area (Å²) in [6.07, 6.45) is 10.0. The Bertz CT molecular complexity index is 80.7. The molecular formula is C8H5CrO3. The maximum absolute atomic E-state index is 7.50. The number of rotatable bonds is 0. The van der Waals surface area contributed by atoms with Crippen LogP contribution in [0.4, 0.5) is 0 Å². The van der Waals surface area contributed by atoms with E-state index in [-0.39, 0.29) is 17.4 Å². The van der Waals surface area contributed by atoms with Crippen molar-refractivity contribution >= 4 is 0 Å². The molecule has 0 aromatic carbocycles. The second-order valence-electron chi connectivity index (χ2n) is 0.962. The van der Waals surface area contributed by atoms with Gasteiger partial charge in [0.25, 0.3) is 0 Å². The van der Waals surface area contributed by atoms with E-state index in [0.29, 0.717) is 0 Å². The molecule has 0 spiro atoms. The zero-order valence-corrected chi connectivity index (χ0v) is 7.29. The summed E-state index contributed by atoms with van der Waals surface area (Å²) in [6.45, 7) is 13.5. The summed E-state index contributed by atoms with van der Waals surface area (Å²) < 4.78 is 22.5. The van der Waals surface area contributed by atoms with Gasteiger partial charge in [0, 0.05) is 17.4 Å². The molecule has 0 aromatic heterocycles. The quantitative estimate of drug-likeness (QED) is 0.413. The van der Waals surface area contributed by atoms with Crippen LogP contribution in [0.3, 0.4) is 0 Å². The van der Waals surface area contributed by atoms with Crippen LogP contribution in [0.25, 0.3) is 0 Å². The SMILES string of the molecule is [C-]#[O+].[C-]#[O+].[C-]#[O+].[CH]1[CH][CH][CH][CH]1.[Cr]. The fourth-order valence-electron chi connectivity index (χ4n) is 0.321. The smallest absolute Gasteiger partial charge is 0 e. The monoisotopic (exact) mass is 201 g/mol. The molecule has 0 bridgehead atoms. The minimum absolute atomic E-state index is 0. The zero-order valence-electron chi connectivity index (χ0n) is 6.02. The van der Waals surface area contributed by atoms with Crippen LogP contribution in [0.5, 0.6) is 0 Å². The molecule has 4 heteroatoms. The minimum atomic E-state index is 0. The Kier molecular flexibility index (Phi) is 85.3. The molecule has 0 amide bonds. The van der Waals surface area contributed by atoms with Crippen LogP contribution in [0, 0.1) is 52.1 Å². The van der Waals surface area contributed by atoms with Crippen LogP contribution < -0.4 is 0 Å². The van der Waals surface area contributed by atoms with Gasteiger partial charge in [-0.25, -0.2) is 0 Å². The van der Waals surface area contributed by atoms with Crippen molar-refractivity contribution in [2.24, 2.45) is 0 Å². The number of hydrogen-bond donors (Lipinski definition) is 0. The van der Waals surface area contributed by atoms with E-state index in [0.717, 1.165) is 0 Å². The van der Waals surface area contributed by atoms with Gasteiger partial charge in [0.15, 0.2) is 0 Å². The Balaban J connectivity index is -0.0000000406. The first-order valence-corrected chi connectivity index (χ1v) is 2.28. The molecule has 0 saturated heterocycles. The second kappa shape index (κ2) is 45.3. The molecule has 1 saturated carbocycles. The Morgan fingerprint density at radius 1 is 0.500 bits per heavy atom. The summed E-state index contributed by atoms with van der Waals surface area (Å²) in [7, 11) is 0. The maximum atomic E-state index is 7.50. The van der Waals surface area contributed by atoms with Crippen LogP contribution >= 0.6 is 0 Å². The van der Waals surface area contributed by atoms with Gasteiger partial charge in [0.05, 0.1) is 0 Å². The first-order valence-electron chi connectivity index (χ1n) is 2.28. The summed E-state index contributed by atoms with van der Waals surface area (Å²) >= 11 is 0. The van der Waals surface area contributed by atoms with Gasteiger partial charge in [-0.2, -0.15) is 0 Å². The van der Waals surface area contributed by atoms with Crippen LogP contribution in [0.2, 0.25) is 0 Å². The van der Waals surface area contributed by atoms with Crippen LogP contribution in [0.1, 0.15) is 0 Å². The van der Waals surface area contributed by atoms with E-state index >= 15 is 0 Å². The summed E-state index contributed by atoms with van der Waals surface area (Å²) in [5.74, 6) is 0. The Labute approximate surface area is 83.8 Å². The van der Waals surface area contributed by atoms with Gasteiger partial charge in [0.2, 0.25) is 0 Å². The molecule has 1 rings (SSSR count). The molecule has 1 aliphatic rings. The molecule has 61 valence electrons. The first-order chi connectivity index (χ1) is 5.50. The predicted octanol–water partition coefficient (Wildman–Crippen LogP) is 0.906. The fourth-order valence-corrected chi connectivity index (χ4v) is 0.321. The molecule has 0 heterocycles. The van der Waals surface area contributed by atoms with Crippen molar-refractivity contribution in [1.82, 2.24) is 0 Å². The molecular weight excluding hydrogens is 196 g/mol. The average molecular weight is 201 g/mol. The molecule has 0 atom stereocenters. The van der Waals surface area contributed by atoms with Gasteiger partial charge in [-0.15, -0.1) is 0 Å². The summed E-state index contributed by atoms with van der Waals surface area (Å²) in [5, 5.41) is 0. The van der Waals surface area contributed by atoms with Gasteiger partial charge >= 0.3 is 33.9 Å². The Morgan fingerprint density at radius 3 is 0.667 bits per heavy atom. The zero-order chi connectivity index (χ0) is 9.54. The van der Waals surface area contributed by atoms with Crippen LogP contribution in [-0.4, -0.2) is 0 Å². The Morgan fingerprint density at radius 2 is 0.583 bits per heavy atom. The maximum Gasteiger partial charge on any atom is 0 e. The third kappa shape index (κ3) is 33.1. The van der Waals surface area contributed by atoms with Gasteiger partial charge in [0.1, 0.15) is 0 Å². The summed E-state index contributed by atoms with van der Waals surface area (Å²) in [6, 6.07) is 0. The first kappa shape index (κ1) is 22.6. The van der Waals surface area contributed by atoms with Crippen molar-refractivity contribution in [2.45, 2.75) is 0 Å². The summed E-state index contributed by atoms with van der Waals surface area (Å²) in [4.78, 5) is 0. The molecule has 3 nitrogen and oxygen atoms in total. The van der Waals surface area contributed by atoms with Gasteiger partial charge in [-0.05, 0) is 32.1 Å². The van der Waals surface area contributed by atoms with Crippen molar-refractivity contribution in [3.05, 3.63) is 52.1 Å². The van der Waals surface area contributed by atoms with Crippen LogP contribution in [-0.2, 0) is 31.3 Å². The van der Waals surface area contributed by atoms with Crippen molar-refractivity contribution in [3.8, 4) is 0 Å². The van der Waals surface area contributed by atoms with Crippen molar-refractivity contribution in [1.29, 1.82) is 0 Å². The third-order valence-electron chi connectivity index (χ3n) is 0.556. The van der Waals surface area contributed by atoms with E-state index in [4.69, 9.17) is 14.0 Å². The number of hydrogen-bond acceptors (Lipinski definition) is 0. The second-order valence-corrected chi connectivity index (χ2v) is 0.962. The topological polar surface area (TPSA) is 59.7 Å². The van der Waals surface area contributed by atoms with Crippen molar-refractivity contribution < 1.29 is 31.3 Å². The largest absolute Gasteiger partial charge is 0.0312 e. The van der Waals surface area contributed by atoms with E-state index in [1.165, 1.54) is 0 Å². The van der Waals surface area contributed by atoms with E-state index in [9.17, 15) is 0 Å². The van der Waals surface area contributed by atoms with E-state index < -0.39 is 0 Å². The molecule has 1 aliphatic carbocycles. The normalized spacial score (nSPS) is 10.5. The molecule has 0 N–H and O–H groups in total. The summed E-state index contributed by atoms with van der Waals surface area (Å²) in [5.41, 5.74) is 0. The van der Waals surface area contributed by atoms with Crippen molar-refractivity contribution in [2.75, 3.05) is 0 Å². The molecule has 12 heavy (non-hydrogen) atoms. The van der Waals surface area contributed by atoms with Crippen molar-refractivity contribution in [3.63, 3.8) is 0 Å². The minimum Gasteiger partial charge on any atom is -0.0312 e. The van der Waals surface area contributed by atoms with E-state index in [1.807, 2.05) is 32.1 Å². The molecule has 0 unspecified atom stereocenters. The van der Waals surface area contributed by atoms with Gasteiger partial charge < -0.3 is 0 Å². The average Bonchev–Trinajstić information content (AvgIpc) is 2.71. The third-order valence-corrected chi connectivity index (χ3v) is 0.556.